The Morgan fingerprint density at radius 1 is 1.14 bits per heavy atom. The molecular formula is C19H24N4O4S. The molecule has 28 heavy (non-hydrogen) atoms. The monoisotopic (exact) mass is 404 g/mol. The molecule has 150 valence electrons. The zero-order chi connectivity index (χ0) is 20.1. The van der Waals surface area contributed by atoms with Crippen molar-refractivity contribution in [3.8, 4) is 5.75 Å². The number of methoxy groups -OCH3 is 1. The summed E-state index contributed by atoms with van der Waals surface area (Å²) < 4.78 is 34.6. The first kappa shape index (κ1) is 18.9. The van der Waals surface area contributed by atoms with E-state index in [1.54, 1.807) is 43.3 Å². The fraction of sp³-hybridized carbons (Fsp3) is 0.474. The molecule has 4 rings (SSSR count). The van der Waals surface area contributed by atoms with Crippen LogP contribution < -0.4 is 9.64 Å². The maximum absolute atomic E-state index is 13.0. The van der Waals surface area contributed by atoms with E-state index in [0.717, 1.165) is 11.5 Å². The third-order valence-electron chi connectivity index (χ3n) is 5.81. The highest BCUT2D eigenvalue weighted by Crippen LogP contribution is 2.41. The minimum Gasteiger partial charge on any atom is -0.497 e. The Morgan fingerprint density at radius 2 is 1.79 bits per heavy atom. The Bertz CT molecular complexity index is 1010. The van der Waals surface area contributed by atoms with Gasteiger partial charge in [0, 0.05) is 26.2 Å². The number of rotatable bonds is 3. The van der Waals surface area contributed by atoms with E-state index in [2.05, 4.69) is 5.10 Å². The van der Waals surface area contributed by atoms with Gasteiger partial charge in [-0.3, -0.25) is 4.79 Å². The highest BCUT2D eigenvalue weighted by Gasteiger charge is 2.46. The van der Waals surface area contributed by atoms with Crippen LogP contribution in [-0.4, -0.2) is 55.7 Å². The molecule has 2 aliphatic heterocycles. The molecule has 3 heterocycles. The highest BCUT2D eigenvalue weighted by molar-refractivity contribution is 7.89. The molecule has 2 aromatic rings. The van der Waals surface area contributed by atoms with E-state index in [1.807, 2.05) is 17.7 Å². The van der Waals surface area contributed by atoms with Crippen molar-refractivity contribution in [1.29, 1.82) is 0 Å². The lowest BCUT2D eigenvalue weighted by Gasteiger charge is -2.45. The van der Waals surface area contributed by atoms with Crippen LogP contribution in [0.5, 0.6) is 5.75 Å². The van der Waals surface area contributed by atoms with Crippen molar-refractivity contribution < 1.29 is 17.9 Å². The molecule has 0 unspecified atom stereocenters. The van der Waals surface area contributed by atoms with Gasteiger partial charge in [0.1, 0.15) is 11.6 Å². The SMILES string of the molecule is COc1ccc(S(=O)(=O)N2CCC3(CC2)CC(=O)N(C)c2cc(C)nn23)cc1. The molecule has 0 N–H and O–H groups in total. The van der Waals surface area contributed by atoms with Crippen molar-refractivity contribution in [3.05, 3.63) is 36.0 Å². The van der Waals surface area contributed by atoms with Gasteiger partial charge >= 0.3 is 0 Å². The Balaban J connectivity index is 1.59. The lowest BCUT2D eigenvalue weighted by molar-refractivity contribution is -0.122. The number of ether oxygens (including phenoxy) is 1. The fourth-order valence-electron chi connectivity index (χ4n) is 4.10. The van der Waals surface area contributed by atoms with Crippen molar-refractivity contribution in [2.24, 2.45) is 0 Å². The van der Waals surface area contributed by atoms with Gasteiger partial charge in [-0.25, -0.2) is 13.1 Å². The topological polar surface area (TPSA) is 84.7 Å². The number of benzene rings is 1. The van der Waals surface area contributed by atoms with E-state index in [1.165, 1.54) is 4.31 Å². The van der Waals surface area contributed by atoms with Crippen LogP contribution in [0.25, 0.3) is 0 Å². The average molecular weight is 404 g/mol. The number of aryl methyl sites for hydroxylation is 1. The number of anilines is 1. The third kappa shape index (κ3) is 2.89. The average Bonchev–Trinajstić information content (AvgIpc) is 3.10. The van der Waals surface area contributed by atoms with Gasteiger partial charge in [0.2, 0.25) is 15.9 Å². The summed E-state index contributed by atoms with van der Waals surface area (Å²) in [5.41, 5.74) is 0.392. The molecule has 1 saturated heterocycles. The van der Waals surface area contributed by atoms with E-state index in [9.17, 15) is 13.2 Å². The van der Waals surface area contributed by atoms with E-state index < -0.39 is 15.6 Å². The van der Waals surface area contributed by atoms with Gasteiger partial charge in [0.05, 0.1) is 29.7 Å². The standard InChI is InChI=1S/C19H24N4O4S/c1-14-12-17-21(2)18(24)13-19(23(17)20-14)8-10-22(11-9-19)28(25,26)16-6-4-15(27-3)5-7-16/h4-7,12H,8-11,13H2,1-3H3. The number of piperidine rings is 1. The Hall–Kier alpha value is -2.39. The molecule has 0 atom stereocenters. The van der Waals surface area contributed by atoms with Crippen molar-refractivity contribution in [2.75, 3.05) is 32.1 Å². The molecule has 0 bridgehead atoms. The highest BCUT2D eigenvalue weighted by atomic mass is 32.2. The second-order valence-corrected chi connectivity index (χ2v) is 9.43. The second kappa shape index (κ2) is 6.59. The summed E-state index contributed by atoms with van der Waals surface area (Å²) in [6.45, 7) is 2.61. The molecule has 0 radical (unpaired) electrons. The number of nitrogens with zero attached hydrogens (tertiary/aromatic N) is 4. The number of hydrogen-bond acceptors (Lipinski definition) is 5. The van der Waals surface area contributed by atoms with Crippen molar-refractivity contribution in [2.45, 2.75) is 36.6 Å². The zero-order valence-corrected chi connectivity index (χ0v) is 17.1. The quantitative estimate of drug-likeness (QED) is 0.778. The molecule has 8 nitrogen and oxygen atoms in total. The Morgan fingerprint density at radius 3 is 2.39 bits per heavy atom. The maximum Gasteiger partial charge on any atom is 0.243 e. The molecule has 1 aromatic heterocycles. The minimum atomic E-state index is -3.59. The van der Waals surface area contributed by atoms with Gasteiger partial charge in [-0.05, 0) is 44.0 Å². The molecule has 9 heteroatoms. The van der Waals surface area contributed by atoms with Crippen LogP contribution in [-0.2, 0) is 20.4 Å². The summed E-state index contributed by atoms with van der Waals surface area (Å²) in [4.78, 5) is 14.4. The van der Waals surface area contributed by atoms with Gasteiger partial charge in [-0.1, -0.05) is 0 Å². The number of hydrogen-bond donors (Lipinski definition) is 0. The summed E-state index contributed by atoms with van der Waals surface area (Å²) >= 11 is 0. The van der Waals surface area contributed by atoms with Gasteiger partial charge in [0.15, 0.2) is 0 Å². The maximum atomic E-state index is 13.0. The van der Waals surface area contributed by atoms with Crippen molar-refractivity contribution in [3.63, 3.8) is 0 Å². The molecule has 0 saturated carbocycles. The van der Waals surface area contributed by atoms with Gasteiger partial charge < -0.3 is 9.64 Å². The first-order valence-corrected chi connectivity index (χ1v) is 10.7. The normalized spacial score (nSPS) is 19.7. The van der Waals surface area contributed by atoms with Crippen LogP contribution in [0, 0.1) is 6.92 Å². The number of amides is 1. The van der Waals surface area contributed by atoms with E-state index >= 15 is 0 Å². The summed E-state index contributed by atoms with van der Waals surface area (Å²) in [6, 6.07) is 8.32. The summed E-state index contributed by atoms with van der Waals surface area (Å²) in [5.74, 6) is 1.43. The van der Waals surface area contributed by atoms with Gasteiger partial charge in [-0.2, -0.15) is 9.40 Å². The zero-order valence-electron chi connectivity index (χ0n) is 16.3. The van der Waals surface area contributed by atoms with Crippen molar-refractivity contribution in [1.82, 2.24) is 14.1 Å². The second-order valence-electron chi connectivity index (χ2n) is 7.49. The van der Waals surface area contributed by atoms with E-state index in [0.29, 0.717) is 38.1 Å². The summed E-state index contributed by atoms with van der Waals surface area (Å²) in [7, 11) is -0.287. The lowest BCUT2D eigenvalue weighted by Crippen LogP contribution is -2.54. The molecule has 1 fully saturated rings. The molecular weight excluding hydrogens is 380 g/mol. The Labute approximate surface area is 164 Å². The van der Waals surface area contributed by atoms with E-state index in [-0.39, 0.29) is 10.8 Å². The van der Waals surface area contributed by atoms with Gasteiger partial charge in [0.25, 0.3) is 0 Å². The number of sulfonamides is 1. The van der Waals surface area contributed by atoms with Crippen LogP contribution in [0.15, 0.2) is 35.2 Å². The summed E-state index contributed by atoms with van der Waals surface area (Å²) in [5, 5.41) is 4.62. The number of carbonyl (C=O) groups is 1. The number of carbonyl (C=O) groups excluding carboxylic acids is 1. The molecule has 0 aliphatic carbocycles. The summed E-state index contributed by atoms with van der Waals surface area (Å²) in [6.07, 6.45) is 1.44. The van der Waals surface area contributed by atoms with Crippen LogP contribution in [0.1, 0.15) is 25.0 Å². The minimum absolute atomic E-state index is 0.0406. The first-order valence-electron chi connectivity index (χ1n) is 9.25. The predicted octanol–water partition coefficient (Wildman–Crippen LogP) is 1.75. The lowest BCUT2D eigenvalue weighted by atomic mass is 9.83. The third-order valence-corrected chi connectivity index (χ3v) is 7.72. The van der Waals surface area contributed by atoms with Crippen LogP contribution in [0.2, 0.25) is 0 Å². The fourth-order valence-corrected chi connectivity index (χ4v) is 5.55. The van der Waals surface area contributed by atoms with E-state index in [4.69, 9.17) is 4.74 Å². The molecule has 1 spiro atoms. The number of aromatic nitrogens is 2. The smallest absolute Gasteiger partial charge is 0.243 e. The first-order chi connectivity index (χ1) is 13.3. The predicted molar refractivity (Wildman–Crippen MR) is 104 cm³/mol. The van der Waals surface area contributed by atoms with Gasteiger partial charge in [-0.15, -0.1) is 0 Å². The molecule has 1 aromatic carbocycles. The van der Waals surface area contributed by atoms with Crippen molar-refractivity contribution >= 4 is 21.7 Å². The van der Waals surface area contributed by atoms with Crippen LogP contribution in [0.4, 0.5) is 5.82 Å². The van der Waals surface area contributed by atoms with Crippen LogP contribution >= 0.6 is 0 Å². The molecule has 1 amide bonds. The molecule has 2 aliphatic rings. The largest absolute Gasteiger partial charge is 0.497 e. The Kier molecular flexibility index (Phi) is 4.46. The van der Waals surface area contributed by atoms with Crippen LogP contribution in [0.3, 0.4) is 0 Å². The number of fused-ring (bicyclic) bond motifs is 2.